The van der Waals surface area contributed by atoms with Gasteiger partial charge in [0, 0.05) is 38.4 Å². The van der Waals surface area contributed by atoms with E-state index in [0.717, 1.165) is 50.9 Å². The maximum absolute atomic E-state index is 13.0. The number of fused-ring (bicyclic) bond motifs is 1. The molecule has 25 heavy (non-hydrogen) atoms. The Bertz CT molecular complexity index is 651. The third-order valence-corrected chi connectivity index (χ3v) is 5.49. The first-order chi connectivity index (χ1) is 12.2. The molecule has 4 rings (SSSR count). The summed E-state index contributed by atoms with van der Waals surface area (Å²) >= 11 is 0. The third kappa shape index (κ3) is 3.84. The van der Waals surface area contributed by atoms with Gasteiger partial charge in [-0.2, -0.15) is 0 Å². The van der Waals surface area contributed by atoms with Crippen molar-refractivity contribution in [2.45, 2.75) is 44.1 Å². The average Bonchev–Trinajstić information content (AvgIpc) is 3.45. The molecule has 1 saturated heterocycles. The highest BCUT2D eigenvalue weighted by molar-refractivity contribution is 5.84. The largest absolute Gasteiger partial charge is 0.352 e. The van der Waals surface area contributed by atoms with Crippen LogP contribution in [0.15, 0.2) is 18.3 Å². The van der Waals surface area contributed by atoms with Crippen molar-refractivity contribution in [2.75, 3.05) is 32.7 Å². The van der Waals surface area contributed by atoms with Crippen LogP contribution in [0.25, 0.3) is 0 Å². The minimum Gasteiger partial charge on any atom is -0.352 e. The maximum Gasteiger partial charge on any atom is 0.234 e. The number of hydrogen-bond donors (Lipinski definition) is 1. The number of pyridine rings is 1. The van der Waals surface area contributed by atoms with Gasteiger partial charge in [0.25, 0.3) is 0 Å². The summed E-state index contributed by atoms with van der Waals surface area (Å²) < 4.78 is 0. The quantitative estimate of drug-likeness (QED) is 0.884. The Morgan fingerprint density at radius 3 is 2.72 bits per heavy atom. The van der Waals surface area contributed by atoms with Crippen molar-refractivity contribution >= 4 is 11.8 Å². The number of piperazine rings is 1. The highest BCUT2D eigenvalue weighted by Gasteiger charge is 2.33. The Hall–Kier alpha value is -1.95. The highest BCUT2D eigenvalue weighted by atomic mass is 16.2. The molecular formula is C19H26N4O2. The molecule has 1 unspecified atom stereocenters. The molecular weight excluding hydrogens is 316 g/mol. The van der Waals surface area contributed by atoms with E-state index < -0.39 is 0 Å². The summed E-state index contributed by atoms with van der Waals surface area (Å²) in [5.41, 5.74) is 2.20. The fourth-order valence-electron chi connectivity index (χ4n) is 3.90. The van der Waals surface area contributed by atoms with Crippen LogP contribution >= 0.6 is 0 Å². The first-order valence-corrected chi connectivity index (χ1v) is 9.45. The predicted molar refractivity (Wildman–Crippen MR) is 94.1 cm³/mol. The molecule has 1 N–H and O–H groups in total. The van der Waals surface area contributed by atoms with Gasteiger partial charge in [-0.3, -0.25) is 19.5 Å². The predicted octanol–water partition coefficient (Wildman–Crippen LogP) is 0.924. The number of carbonyl (C=O) groups is 2. The summed E-state index contributed by atoms with van der Waals surface area (Å²) in [4.78, 5) is 33.5. The van der Waals surface area contributed by atoms with Crippen molar-refractivity contribution in [1.29, 1.82) is 0 Å². The lowest BCUT2D eigenvalue weighted by atomic mass is 9.85. The molecule has 0 spiro atoms. The Balaban J connectivity index is 1.32. The van der Waals surface area contributed by atoms with E-state index in [1.54, 1.807) is 6.20 Å². The summed E-state index contributed by atoms with van der Waals surface area (Å²) in [6.07, 6.45) is 7.00. The molecule has 6 nitrogen and oxygen atoms in total. The summed E-state index contributed by atoms with van der Waals surface area (Å²) in [6.45, 7) is 3.39. The van der Waals surface area contributed by atoms with E-state index in [4.69, 9.17) is 0 Å². The molecule has 1 aromatic rings. The van der Waals surface area contributed by atoms with Crippen LogP contribution in [-0.2, 0) is 16.0 Å². The molecule has 2 fully saturated rings. The second-order valence-electron chi connectivity index (χ2n) is 7.44. The second-order valence-corrected chi connectivity index (χ2v) is 7.44. The zero-order valence-corrected chi connectivity index (χ0v) is 14.6. The highest BCUT2D eigenvalue weighted by Crippen LogP contribution is 2.31. The first kappa shape index (κ1) is 16.5. The summed E-state index contributed by atoms with van der Waals surface area (Å²) in [5, 5.41) is 3.03. The van der Waals surface area contributed by atoms with E-state index in [-0.39, 0.29) is 17.7 Å². The molecule has 1 saturated carbocycles. The minimum atomic E-state index is -0.0883. The average molecular weight is 342 g/mol. The zero-order valence-electron chi connectivity index (χ0n) is 14.6. The smallest absolute Gasteiger partial charge is 0.234 e. The van der Waals surface area contributed by atoms with Gasteiger partial charge >= 0.3 is 0 Å². The van der Waals surface area contributed by atoms with Crippen molar-refractivity contribution in [3.63, 3.8) is 0 Å². The Kier molecular flexibility index (Phi) is 4.70. The lowest BCUT2D eigenvalue weighted by Crippen LogP contribution is -2.52. The Labute approximate surface area is 148 Å². The molecule has 0 bridgehead atoms. The topological polar surface area (TPSA) is 65.5 Å². The maximum atomic E-state index is 13.0. The van der Waals surface area contributed by atoms with Crippen LogP contribution in [0.4, 0.5) is 0 Å². The number of carbonyl (C=O) groups excluding carboxylic acids is 2. The van der Waals surface area contributed by atoms with E-state index in [2.05, 4.69) is 21.3 Å². The van der Waals surface area contributed by atoms with E-state index in [1.807, 2.05) is 11.0 Å². The second kappa shape index (κ2) is 7.12. The number of aryl methyl sites for hydroxylation is 1. The van der Waals surface area contributed by atoms with Crippen LogP contribution in [0, 0.1) is 0 Å². The summed E-state index contributed by atoms with van der Waals surface area (Å²) in [5.74, 6) is 0.240. The van der Waals surface area contributed by atoms with Gasteiger partial charge in [0.15, 0.2) is 0 Å². The van der Waals surface area contributed by atoms with Gasteiger partial charge in [-0.25, -0.2) is 0 Å². The molecule has 6 heteroatoms. The van der Waals surface area contributed by atoms with Crippen molar-refractivity contribution in [3.05, 3.63) is 29.6 Å². The van der Waals surface area contributed by atoms with Crippen LogP contribution in [0.1, 0.15) is 42.9 Å². The molecule has 0 aromatic carbocycles. The number of nitrogens with zero attached hydrogens (tertiary/aromatic N) is 3. The summed E-state index contributed by atoms with van der Waals surface area (Å²) in [7, 11) is 0. The fraction of sp³-hybridized carbons (Fsp3) is 0.632. The molecule has 3 aliphatic rings. The van der Waals surface area contributed by atoms with Crippen LogP contribution in [0.2, 0.25) is 0 Å². The zero-order chi connectivity index (χ0) is 17.2. The van der Waals surface area contributed by atoms with Crippen molar-refractivity contribution in [1.82, 2.24) is 20.1 Å². The molecule has 1 aromatic heterocycles. The van der Waals surface area contributed by atoms with Gasteiger partial charge in [-0.15, -0.1) is 0 Å². The summed E-state index contributed by atoms with van der Waals surface area (Å²) in [6, 6.07) is 4.46. The van der Waals surface area contributed by atoms with E-state index in [0.29, 0.717) is 25.7 Å². The molecule has 134 valence electrons. The molecule has 1 aliphatic heterocycles. The standard InChI is InChI=1S/C19H26N4O2/c24-17(21-15-6-7-15)13-22-9-11-23(12-10-22)19(25)16-5-1-3-14-4-2-8-20-18(14)16/h2,4,8,15-16H,1,3,5-7,9-13H2,(H,21,24). The number of hydrogen-bond acceptors (Lipinski definition) is 4. The van der Waals surface area contributed by atoms with Gasteiger partial charge in [0.2, 0.25) is 11.8 Å². The van der Waals surface area contributed by atoms with Gasteiger partial charge < -0.3 is 10.2 Å². The number of amides is 2. The number of rotatable bonds is 4. The van der Waals surface area contributed by atoms with Gasteiger partial charge in [0.05, 0.1) is 18.2 Å². The van der Waals surface area contributed by atoms with Gasteiger partial charge in [0.1, 0.15) is 0 Å². The Morgan fingerprint density at radius 2 is 1.96 bits per heavy atom. The van der Waals surface area contributed by atoms with Crippen LogP contribution in [0.5, 0.6) is 0 Å². The normalized spacial score (nSPS) is 23.8. The van der Waals surface area contributed by atoms with E-state index >= 15 is 0 Å². The lowest BCUT2D eigenvalue weighted by Gasteiger charge is -2.37. The Morgan fingerprint density at radius 1 is 1.16 bits per heavy atom. The van der Waals surface area contributed by atoms with E-state index in [9.17, 15) is 9.59 Å². The monoisotopic (exact) mass is 342 g/mol. The molecule has 2 aliphatic carbocycles. The first-order valence-electron chi connectivity index (χ1n) is 9.45. The van der Waals surface area contributed by atoms with E-state index in [1.165, 1.54) is 5.56 Å². The van der Waals surface area contributed by atoms with Crippen molar-refractivity contribution in [2.24, 2.45) is 0 Å². The van der Waals surface area contributed by atoms with Gasteiger partial charge in [-0.05, 0) is 43.7 Å². The molecule has 1 atom stereocenters. The third-order valence-electron chi connectivity index (χ3n) is 5.49. The van der Waals surface area contributed by atoms with Crippen LogP contribution in [0.3, 0.4) is 0 Å². The van der Waals surface area contributed by atoms with Crippen LogP contribution < -0.4 is 5.32 Å². The fourth-order valence-corrected chi connectivity index (χ4v) is 3.90. The number of aromatic nitrogens is 1. The SMILES string of the molecule is O=C(CN1CCN(C(=O)C2CCCc3cccnc32)CC1)NC1CC1. The van der Waals surface area contributed by atoms with Crippen molar-refractivity contribution in [3.8, 4) is 0 Å². The molecule has 0 radical (unpaired) electrons. The minimum absolute atomic E-state index is 0.0883. The van der Waals surface area contributed by atoms with Crippen molar-refractivity contribution < 1.29 is 9.59 Å². The molecule has 2 amide bonds. The molecule has 2 heterocycles. The number of nitrogens with one attached hydrogen (secondary N) is 1. The van der Waals surface area contributed by atoms with Crippen LogP contribution in [-0.4, -0.2) is 65.4 Å². The lowest BCUT2D eigenvalue weighted by molar-refractivity contribution is -0.135. The van der Waals surface area contributed by atoms with Gasteiger partial charge in [-0.1, -0.05) is 6.07 Å².